The molecule has 4 atom stereocenters. The van der Waals surface area contributed by atoms with E-state index in [1.54, 1.807) is 0 Å². The Morgan fingerprint density at radius 3 is 2.43 bits per heavy atom. The predicted octanol–water partition coefficient (Wildman–Crippen LogP) is 1.17. The lowest BCUT2D eigenvalue weighted by atomic mass is 9.98. The minimum absolute atomic E-state index is 0.0117. The third-order valence-electron chi connectivity index (χ3n) is 5.27. The van der Waals surface area contributed by atoms with E-state index in [4.69, 9.17) is 5.11 Å². The average Bonchev–Trinajstić information content (AvgIpc) is 3.06. The number of rotatable bonds is 3. The van der Waals surface area contributed by atoms with E-state index in [1.165, 1.54) is 19.4 Å². The number of hydrogen-bond donors (Lipinski definition) is 3. The van der Waals surface area contributed by atoms with Crippen molar-refractivity contribution >= 4 is 12.0 Å². The molecular weight excluding hydrogens is 270 g/mol. The summed E-state index contributed by atoms with van der Waals surface area (Å²) in [6.45, 7) is 2.29. The van der Waals surface area contributed by atoms with Gasteiger partial charge in [-0.2, -0.15) is 0 Å². The van der Waals surface area contributed by atoms with Gasteiger partial charge in [-0.15, -0.1) is 0 Å². The first-order valence-corrected chi connectivity index (χ1v) is 8.15. The van der Waals surface area contributed by atoms with Crippen molar-refractivity contribution in [3.63, 3.8) is 0 Å². The predicted molar refractivity (Wildman–Crippen MR) is 78.0 cm³/mol. The fourth-order valence-corrected chi connectivity index (χ4v) is 4.10. The quantitative estimate of drug-likeness (QED) is 0.730. The molecule has 0 spiro atoms. The molecule has 6 nitrogen and oxygen atoms in total. The van der Waals surface area contributed by atoms with E-state index in [2.05, 4.69) is 15.5 Å². The molecule has 21 heavy (non-hydrogen) atoms. The minimum atomic E-state index is -0.742. The van der Waals surface area contributed by atoms with Crippen LogP contribution in [0.4, 0.5) is 4.79 Å². The van der Waals surface area contributed by atoms with E-state index < -0.39 is 5.97 Å². The van der Waals surface area contributed by atoms with E-state index in [9.17, 15) is 9.59 Å². The second-order valence-electron chi connectivity index (χ2n) is 6.72. The third-order valence-corrected chi connectivity index (χ3v) is 5.27. The van der Waals surface area contributed by atoms with Crippen LogP contribution >= 0.6 is 0 Å². The Hall–Kier alpha value is -1.30. The molecule has 3 aliphatic rings. The molecule has 2 heterocycles. The topological polar surface area (TPSA) is 81.7 Å². The Labute approximate surface area is 125 Å². The minimum Gasteiger partial charge on any atom is -0.481 e. The molecule has 0 aromatic heterocycles. The molecule has 1 aliphatic carbocycles. The van der Waals surface area contributed by atoms with Crippen molar-refractivity contribution in [1.82, 2.24) is 15.5 Å². The van der Waals surface area contributed by atoms with Crippen molar-refractivity contribution in [3.8, 4) is 0 Å². The summed E-state index contributed by atoms with van der Waals surface area (Å²) in [5.41, 5.74) is 0. The number of nitrogens with zero attached hydrogens (tertiary/aromatic N) is 1. The maximum absolute atomic E-state index is 12.1. The highest BCUT2D eigenvalue weighted by atomic mass is 16.4. The molecule has 0 bridgehead atoms. The zero-order chi connectivity index (χ0) is 14.8. The first-order chi connectivity index (χ1) is 10.1. The summed E-state index contributed by atoms with van der Waals surface area (Å²) in [6.07, 6.45) is 6.60. The SMILES string of the molecule is O=C(NC1CCN2CCCC2C1)N[C@H]1CC[C@@H](C(=O)O)C1. The molecule has 1 saturated carbocycles. The number of hydrogen-bond acceptors (Lipinski definition) is 3. The Morgan fingerprint density at radius 2 is 1.71 bits per heavy atom. The lowest BCUT2D eigenvalue weighted by Gasteiger charge is -2.35. The van der Waals surface area contributed by atoms with Gasteiger partial charge in [-0.3, -0.25) is 4.79 Å². The van der Waals surface area contributed by atoms with E-state index in [0.717, 1.165) is 25.8 Å². The van der Waals surface area contributed by atoms with Gasteiger partial charge in [-0.25, -0.2) is 4.79 Å². The van der Waals surface area contributed by atoms with Gasteiger partial charge in [-0.05, 0) is 51.5 Å². The van der Waals surface area contributed by atoms with E-state index in [0.29, 0.717) is 18.9 Å². The first-order valence-electron chi connectivity index (χ1n) is 8.15. The lowest BCUT2D eigenvalue weighted by molar-refractivity contribution is -0.141. The number of piperidine rings is 1. The zero-order valence-electron chi connectivity index (χ0n) is 12.4. The monoisotopic (exact) mass is 295 g/mol. The zero-order valence-corrected chi connectivity index (χ0v) is 12.4. The second kappa shape index (κ2) is 6.22. The third kappa shape index (κ3) is 3.48. The van der Waals surface area contributed by atoms with Gasteiger partial charge < -0.3 is 20.6 Å². The van der Waals surface area contributed by atoms with E-state index >= 15 is 0 Å². The molecule has 3 rings (SSSR count). The van der Waals surface area contributed by atoms with Crippen molar-refractivity contribution in [2.75, 3.05) is 13.1 Å². The number of carboxylic acids is 1. The molecule has 118 valence electrons. The van der Waals surface area contributed by atoms with Gasteiger partial charge >= 0.3 is 12.0 Å². The molecule has 6 heteroatoms. The van der Waals surface area contributed by atoms with Crippen LogP contribution in [0.5, 0.6) is 0 Å². The van der Waals surface area contributed by atoms with E-state index in [1.807, 2.05) is 0 Å². The number of nitrogens with one attached hydrogen (secondary N) is 2. The maximum Gasteiger partial charge on any atom is 0.315 e. The summed E-state index contributed by atoms with van der Waals surface area (Å²) >= 11 is 0. The molecule has 0 aromatic carbocycles. The van der Waals surface area contributed by atoms with Crippen LogP contribution in [-0.2, 0) is 4.79 Å². The number of urea groups is 1. The van der Waals surface area contributed by atoms with Crippen LogP contribution in [0.3, 0.4) is 0 Å². The molecular formula is C15H25N3O3. The summed E-state index contributed by atoms with van der Waals surface area (Å²) in [5.74, 6) is -1.04. The maximum atomic E-state index is 12.1. The highest BCUT2D eigenvalue weighted by Crippen LogP contribution is 2.27. The molecule has 0 aromatic rings. The van der Waals surface area contributed by atoms with Crippen LogP contribution in [0.1, 0.15) is 44.9 Å². The van der Waals surface area contributed by atoms with Crippen molar-refractivity contribution in [2.45, 2.75) is 63.1 Å². The van der Waals surface area contributed by atoms with Crippen LogP contribution in [0.25, 0.3) is 0 Å². The van der Waals surface area contributed by atoms with Gasteiger partial charge in [0.15, 0.2) is 0 Å². The van der Waals surface area contributed by atoms with Crippen LogP contribution < -0.4 is 10.6 Å². The molecule has 2 aliphatic heterocycles. The summed E-state index contributed by atoms with van der Waals surface area (Å²) in [6, 6.07) is 0.799. The first kappa shape index (κ1) is 14.6. The molecule has 2 amide bonds. The average molecular weight is 295 g/mol. The number of carboxylic acid groups (broad SMARTS) is 1. The van der Waals surface area contributed by atoms with Crippen LogP contribution in [0, 0.1) is 5.92 Å². The Balaban J connectivity index is 1.41. The summed E-state index contributed by atoms with van der Waals surface area (Å²) < 4.78 is 0. The number of fused-ring (bicyclic) bond motifs is 1. The van der Waals surface area contributed by atoms with Crippen LogP contribution in [0.15, 0.2) is 0 Å². The highest BCUT2D eigenvalue weighted by Gasteiger charge is 2.33. The van der Waals surface area contributed by atoms with Gasteiger partial charge in [-0.1, -0.05) is 0 Å². The Bertz CT molecular complexity index is 415. The standard InChI is InChI=1S/C15H25N3O3/c19-14(20)10-3-4-11(8-10)16-15(21)17-12-5-7-18-6-1-2-13(18)9-12/h10-13H,1-9H2,(H,19,20)(H2,16,17,21)/t10-,11+,12?,13?/m1/s1. The van der Waals surface area contributed by atoms with Crippen molar-refractivity contribution in [3.05, 3.63) is 0 Å². The summed E-state index contributed by atoms with van der Waals surface area (Å²) in [5, 5.41) is 15.0. The van der Waals surface area contributed by atoms with Crippen molar-refractivity contribution in [1.29, 1.82) is 0 Å². The van der Waals surface area contributed by atoms with Gasteiger partial charge in [0, 0.05) is 24.7 Å². The van der Waals surface area contributed by atoms with Gasteiger partial charge in [0.25, 0.3) is 0 Å². The molecule has 2 unspecified atom stereocenters. The Kier molecular flexibility index (Phi) is 4.33. The highest BCUT2D eigenvalue weighted by molar-refractivity contribution is 5.75. The van der Waals surface area contributed by atoms with Gasteiger partial charge in [0.2, 0.25) is 0 Å². The number of carbonyl (C=O) groups is 2. The van der Waals surface area contributed by atoms with Crippen molar-refractivity contribution in [2.24, 2.45) is 5.92 Å². The smallest absolute Gasteiger partial charge is 0.315 e. The summed E-state index contributed by atoms with van der Waals surface area (Å²) in [4.78, 5) is 25.5. The fraction of sp³-hybridized carbons (Fsp3) is 0.867. The van der Waals surface area contributed by atoms with Crippen LogP contribution in [-0.4, -0.2) is 53.2 Å². The molecule has 3 fully saturated rings. The van der Waals surface area contributed by atoms with Crippen LogP contribution in [0.2, 0.25) is 0 Å². The lowest BCUT2D eigenvalue weighted by Crippen LogP contribution is -2.51. The summed E-state index contributed by atoms with van der Waals surface area (Å²) in [7, 11) is 0. The second-order valence-corrected chi connectivity index (χ2v) is 6.72. The largest absolute Gasteiger partial charge is 0.481 e. The molecule has 0 radical (unpaired) electrons. The number of carbonyl (C=O) groups excluding carboxylic acids is 1. The fourth-order valence-electron chi connectivity index (χ4n) is 4.10. The molecule has 3 N–H and O–H groups in total. The van der Waals surface area contributed by atoms with E-state index in [-0.39, 0.29) is 24.0 Å². The Morgan fingerprint density at radius 1 is 0.952 bits per heavy atom. The molecule has 2 saturated heterocycles. The van der Waals surface area contributed by atoms with Gasteiger partial charge in [0.1, 0.15) is 0 Å². The number of amides is 2. The number of aliphatic carboxylic acids is 1. The normalized spacial score (nSPS) is 36.2. The van der Waals surface area contributed by atoms with Gasteiger partial charge in [0.05, 0.1) is 5.92 Å². The van der Waals surface area contributed by atoms with Crippen molar-refractivity contribution < 1.29 is 14.7 Å².